The van der Waals surface area contributed by atoms with Crippen molar-refractivity contribution in [2.24, 2.45) is 5.73 Å². The van der Waals surface area contributed by atoms with Gasteiger partial charge in [-0.1, -0.05) is 0 Å². The summed E-state index contributed by atoms with van der Waals surface area (Å²) in [5.74, 6) is 0. The summed E-state index contributed by atoms with van der Waals surface area (Å²) in [6, 6.07) is 2.43. The lowest BCUT2D eigenvalue weighted by Gasteiger charge is -2.12. The number of rotatable bonds is 9. The van der Waals surface area contributed by atoms with Gasteiger partial charge < -0.3 is 14.9 Å². The van der Waals surface area contributed by atoms with Crippen molar-refractivity contribution in [1.29, 1.82) is 0 Å². The molecule has 1 unspecified atom stereocenters. The zero-order chi connectivity index (χ0) is 9.94. The molecule has 0 rings (SSSR count). The lowest BCUT2D eigenvalue weighted by Crippen LogP contribution is -2.17. The number of nitrogens with two attached hydrogens (primary N) is 1. The highest BCUT2D eigenvalue weighted by atomic mass is 28.3. The van der Waals surface area contributed by atoms with E-state index in [9.17, 15) is 0 Å². The lowest BCUT2D eigenvalue weighted by molar-refractivity contribution is 0.147. The Bertz CT molecular complexity index is 104. The second-order valence-electron chi connectivity index (χ2n) is 3.13. The zero-order valence-electron chi connectivity index (χ0n) is 8.92. The van der Waals surface area contributed by atoms with Crippen molar-refractivity contribution in [2.75, 3.05) is 26.9 Å². The Morgan fingerprint density at radius 2 is 1.92 bits per heavy atom. The molecule has 4 heteroatoms. The first-order chi connectivity index (χ1) is 6.35. The van der Waals surface area contributed by atoms with Crippen LogP contribution in [-0.2, 0) is 9.16 Å². The molecular formula is C9H23NO2Si. The first-order valence-corrected chi connectivity index (χ1v) is 7.26. The molecule has 1 atom stereocenters. The van der Waals surface area contributed by atoms with E-state index >= 15 is 0 Å². The third-order valence-corrected chi connectivity index (χ3v) is 4.85. The van der Waals surface area contributed by atoms with E-state index in [0.29, 0.717) is 0 Å². The monoisotopic (exact) mass is 205 g/mol. The van der Waals surface area contributed by atoms with Gasteiger partial charge >= 0.3 is 0 Å². The topological polar surface area (TPSA) is 44.5 Å². The van der Waals surface area contributed by atoms with Gasteiger partial charge in [0.2, 0.25) is 0 Å². The normalized spacial score (nSPS) is 13.2. The molecule has 80 valence electrons. The van der Waals surface area contributed by atoms with Gasteiger partial charge in [0.15, 0.2) is 9.04 Å². The van der Waals surface area contributed by atoms with Crippen LogP contribution in [0.3, 0.4) is 0 Å². The van der Waals surface area contributed by atoms with Gasteiger partial charge in [-0.15, -0.1) is 0 Å². The molecule has 3 nitrogen and oxygen atoms in total. The Hall–Kier alpha value is 0.0969. The maximum absolute atomic E-state index is 5.46. The highest BCUT2D eigenvalue weighted by molar-refractivity contribution is 6.51. The summed E-state index contributed by atoms with van der Waals surface area (Å²) in [4.78, 5) is 0. The molecule has 2 N–H and O–H groups in total. The molecule has 0 aromatic carbocycles. The van der Waals surface area contributed by atoms with Crippen molar-refractivity contribution in [3.8, 4) is 0 Å². The summed E-state index contributed by atoms with van der Waals surface area (Å²) in [6.45, 7) is 4.52. The van der Waals surface area contributed by atoms with Crippen molar-refractivity contribution in [3.63, 3.8) is 0 Å². The molecule has 13 heavy (non-hydrogen) atoms. The van der Waals surface area contributed by atoms with E-state index in [2.05, 4.69) is 0 Å². The average molecular weight is 205 g/mol. The maximum Gasteiger partial charge on any atom is 0.176 e. The Morgan fingerprint density at radius 1 is 1.23 bits per heavy atom. The van der Waals surface area contributed by atoms with Gasteiger partial charge in [0, 0.05) is 20.3 Å². The minimum Gasteiger partial charge on any atom is -0.423 e. The summed E-state index contributed by atoms with van der Waals surface area (Å²) in [6.07, 6.45) is 2.25. The molecule has 0 saturated carbocycles. The number of ether oxygens (including phenoxy) is 1. The Balaban J connectivity index is 3.25. The fourth-order valence-corrected chi connectivity index (χ4v) is 3.36. The van der Waals surface area contributed by atoms with Crippen LogP contribution in [0.15, 0.2) is 0 Å². The van der Waals surface area contributed by atoms with Gasteiger partial charge in [-0.25, -0.2) is 0 Å². The summed E-state index contributed by atoms with van der Waals surface area (Å²) in [5, 5.41) is 0. The summed E-state index contributed by atoms with van der Waals surface area (Å²) >= 11 is 0. The third-order valence-electron chi connectivity index (χ3n) is 2.08. The average Bonchev–Trinajstić information content (AvgIpc) is 2.17. The van der Waals surface area contributed by atoms with Crippen molar-refractivity contribution >= 4 is 9.04 Å². The van der Waals surface area contributed by atoms with E-state index in [1.54, 1.807) is 0 Å². The first kappa shape index (κ1) is 13.1. The van der Waals surface area contributed by atoms with Gasteiger partial charge in [0.25, 0.3) is 0 Å². The summed E-state index contributed by atoms with van der Waals surface area (Å²) < 4.78 is 10.7. The molecule has 0 aromatic rings. The fraction of sp³-hybridized carbons (Fsp3) is 1.00. The predicted octanol–water partition coefficient (Wildman–Crippen LogP) is 1.13. The fourth-order valence-electron chi connectivity index (χ4n) is 1.28. The van der Waals surface area contributed by atoms with E-state index in [1.165, 1.54) is 12.1 Å². The minimum absolute atomic E-state index is 0.790. The highest BCUT2D eigenvalue weighted by Crippen LogP contribution is 2.06. The Morgan fingerprint density at radius 3 is 2.46 bits per heavy atom. The van der Waals surface area contributed by atoms with Crippen molar-refractivity contribution in [1.82, 2.24) is 0 Å². The van der Waals surface area contributed by atoms with Crippen LogP contribution in [0.1, 0.15) is 19.8 Å². The summed E-state index contributed by atoms with van der Waals surface area (Å²) in [5.41, 5.74) is 5.45. The van der Waals surface area contributed by atoms with E-state index in [1.807, 2.05) is 14.0 Å². The van der Waals surface area contributed by atoms with Crippen LogP contribution >= 0.6 is 0 Å². The molecule has 0 aliphatic heterocycles. The first-order valence-electron chi connectivity index (χ1n) is 5.15. The van der Waals surface area contributed by atoms with Crippen LogP contribution in [-0.4, -0.2) is 35.9 Å². The van der Waals surface area contributed by atoms with E-state index < -0.39 is 9.04 Å². The largest absolute Gasteiger partial charge is 0.423 e. The molecule has 0 amide bonds. The van der Waals surface area contributed by atoms with Gasteiger partial charge in [0.05, 0.1) is 0 Å². The number of hydrogen-bond acceptors (Lipinski definition) is 3. The molecule has 0 heterocycles. The van der Waals surface area contributed by atoms with Crippen LogP contribution in [0.25, 0.3) is 0 Å². The standard InChI is InChI=1S/C9H23NO2Si/c1-3-12-7-5-9-13(11-2)8-4-6-10/h13H,3-10H2,1-2H3. The molecule has 0 aliphatic rings. The molecular weight excluding hydrogens is 182 g/mol. The smallest absolute Gasteiger partial charge is 0.176 e. The van der Waals surface area contributed by atoms with E-state index in [4.69, 9.17) is 14.9 Å². The molecule has 0 aromatic heterocycles. The van der Waals surface area contributed by atoms with Crippen LogP contribution < -0.4 is 5.73 Å². The zero-order valence-corrected chi connectivity index (χ0v) is 10.1. The summed E-state index contributed by atoms with van der Waals surface area (Å²) in [7, 11) is 0.894. The predicted molar refractivity (Wildman–Crippen MR) is 58.6 cm³/mol. The molecule has 0 bridgehead atoms. The second kappa shape index (κ2) is 10.2. The van der Waals surface area contributed by atoms with E-state index in [-0.39, 0.29) is 0 Å². The SMILES string of the molecule is CCOCCC[SiH](CCCN)OC. The molecule has 0 radical (unpaired) electrons. The molecule has 0 spiro atoms. The highest BCUT2D eigenvalue weighted by Gasteiger charge is 2.08. The van der Waals surface area contributed by atoms with Crippen LogP contribution in [0.5, 0.6) is 0 Å². The van der Waals surface area contributed by atoms with Crippen molar-refractivity contribution in [3.05, 3.63) is 0 Å². The lowest BCUT2D eigenvalue weighted by atomic mass is 10.5. The minimum atomic E-state index is -0.933. The van der Waals surface area contributed by atoms with Crippen LogP contribution in [0.4, 0.5) is 0 Å². The maximum atomic E-state index is 5.46. The van der Waals surface area contributed by atoms with Gasteiger partial charge in [0.1, 0.15) is 0 Å². The number of hydrogen-bond donors (Lipinski definition) is 1. The second-order valence-corrected chi connectivity index (χ2v) is 6.00. The van der Waals surface area contributed by atoms with Crippen molar-refractivity contribution < 1.29 is 9.16 Å². The van der Waals surface area contributed by atoms with Gasteiger partial charge in [-0.3, -0.25) is 0 Å². The van der Waals surface area contributed by atoms with Gasteiger partial charge in [-0.05, 0) is 38.4 Å². The Labute approximate surface area is 83.3 Å². The van der Waals surface area contributed by atoms with Crippen LogP contribution in [0, 0.1) is 0 Å². The molecule has 0 saturated heterocycles. The van der Waals surface area contributed by atoms with Gasteiger partial charge in [-0.2, -0.15) is 0 Å². The Kier molecular flexibility index (Phi) is 10.3. The van der Waals surface area contributed by atoms with Crippen LogP contribution in [0.2, 0.25) is 12.1 Å². The molecule has 0 fully saturated rings. The quantitative estimate of drug-likeness (QED) is 0.453. The van der Waals surface area contributed by atoms with Crippen molar-refractivity contribution in [2.45, 2.75) is 31.9 Å². The third kappa shape index (κ3) is 8.43. The molecule has 0 aliphatic carbocycles. The van der Waals surface area contributed by atoms with E-state index in [0.717, 1.165) is 32.6 Å².